The smallest absolute Gasteiger partial charge is 0.127 e. The van der Waals surface area contributed by atoms with Gasteiger partial charge in [0.1, 0.15) is 46.0 Å². The average Bonchev–Trinajstić information content (AvgIpc) is 3.29. The fourth-order valence-corrected chi connectivity index (χ4v) is 7.66. The highest BCUT2D eigenvalue weighted by Crippen LogP contribution is 2.45. The van der Waals surface area contributed by atoms with E-state index in [0.29, 0.717) is 22.7 Å². The van der Waals surface area contributed by atoms with Crippen molar-refractivity contribution in [3.05, 3.63) is 216 Å². The molecule has 0 amide bonds. The van der Waals surface area contributed by atoms with Crippen LogP contribution in [0.3, 0.4) is 0 Å². The van der Waals surface area contributed by atoms with Crippen LogP contribution in [-0.2, 0) is 10.8 Å². The zero-order valence-corrected chi connectivity index (χ0v) is 34.8. The lowest BCUT2D eigenvalue weighted by atomic mass is 9.66. The van der Waals surface area contributed by atoms with Crippen molar-refractivity contribution < 1.29 is 18.9 Å². The summed E-state index contributed by atoms with van der Waals surface area (Å²) in [6.07, 6.45) is 1.57. The minimum absolute atomic E-state index is 0.433. The van der Waals surface area contributed by atoms with E-state index in [-0.39, 0.29) is 0 Å². The lowest BCUT2D eigenvalue weighted by Gasteiger charge is -2.38. The molecule has 0 aromatic heterocycles. The molecular formula is C54H50N4O4. The Morgan fingerprint density at radius 1 is 0.258 bits per heavy atom. The zero-order chi connectivity index (χ0) is 43.1. The Labute approximate surface area is 363 Å². The summed E-state index contributed by atoms with van der Waals surface area (Å²) in [6.45, 7) is 4.62. The Balaban J connectivity index is 1.13. The van der Waals surface area contributed by atoms with E-state index < -0.39 is 10.8 Å². The van der Waals surface area contributed by atoms with Gasteiger partial charge in [0.25, 0.3) is 0 Å². The third kappa shape index (κ3) is 9.61. The van der Waals surface area contributed by atoms with E-state index in [1.54, 1.807) is 0 Å². The molecule has 8 aromatic rings. The molecule has 0 aliphatic carbocycles. The van der Waals surface area contributed by atoms with Crippen molar-refractivity contribution in [2.45, 2.75) is 37.5 Å². The van der Waals surface area contributed by atoms with Crippen LogP contribution in [0.1, 0.15) is 48.9 Å². The molecule has 0 spiro atoms. The number of nitrogens with two attached hydrogens (primary N) is 4. The summed E-state index contributed by atoms with van der Waals surface area (Å²) in [5.41, 5.74) is 30.2. The van der Waals surface area contributed by atoms with Gasteiger partial charge in [-0.05, 0) is 181 Å². The number of benzene rings is 8. The van der Waals surface area contributed by atoms with Crippen molar-refractivity contribution in [1.82, 2.24) is 0 Å². The van der Waals surface area contributed by atoms with Gasteiger partial charge < -0.3 is 41.9 Å². The van der Waals surface area contributed by atoms with Crippen molar-refractivity contribution in [2.75, 3.05) is 22.9 Å². The van der Waals surface area contributed by atoms with E-state index in [1.807, 2.05) is 146 Å². The summed E-state index contributed by atoms with van der Waals surface area (Å²) < 4.78 is 24.8. The lowest BCUT2D eigenvalue weighted by molar-refractivity contribution is 0.410. The summed E-state index contributed by atoms with van der Waals surface area (Å²) in [4.78, 5) is 0. The minimum Gasteiger partial charge on any atom is -0.457 e. The van der Waals surface area contributed by atoms with Crippen molar-refractivity contribution >= 4 is 22.7 Å². The molecule has 0 saturated carbocycles. The highest BCUT2D eigenvalue weighted by molar-refractivity contribution is 5.50. The van der Waals surface area contributed by atoms with Crippen molar-refractivity contribution in [2.24, 2.45) is 0 Å². The van der Waals surface area contributed by atoms with E-state index in [1.165, 1.54) is 0 Å². The molecule has 8 heteroatoms. The number of hydrogen-bond donors (Lipinski definition) is 4. The molecule has 8 N–H and O–H groups in total. The lowest BCUT2D eigenvalue weighted by Crippen LogP contribution is -2.30. The standard InChI is InChI=1S/C54H50N4O4/c1-53(37-3-19-45(20-4-37)59-49-27-11-41(55)12-28-49,38-5-21-46(22-6-38)60-50-29-13-42(56)14-30-50)35-36-54(2,39-7-23-47(24-8-39)61-51-31-15-43(57)16-32-51)40-9-25-48(26-10-40)62-52-33-17-44(58)18-34-52/h3-34H,35-36,55-58H2,1-2H3. The molecule has 0 bridgehead atoms. The van der Waals surface area contributed by atoms with Crippen molar-refractivity contribution in [3.8, 4) is 46.0 Å². The third-order valence-corrected chi connectivity index (χ3v) is 11.6. The van der Waals surface area contributed by atoms with Crippen LogP contribution in [0.4, 0.5) is 22.7 Å². The van der Waals surface area contributed by atoms with Gasteiger partial charge in [-0.15, -0.1) is 0 Å². The summed E-state index contributed by atoms with van der Waals surface area (Å²) in [5, 5.41) is 0. The molecule has 0 heterocycles. The quantitative estimate of drug-likeness (QED) is 0.0749. The van der Waals surface area contributed by atoms with Gasteiger partial charge >= 0.3 is 0 Å². The molecule has 0 radical (unpaired) electrons. The van der Waals surface area contributed by atoms with Gasteiger partial charge in [-0.25, -0.2) is 0 Å². The van der Waals surface area contributed by atoms with Crippen molar-refractivity contribution in [3.63, 3.8) is 0 Å². The number of ether oxygens (including phenoxy) is 4. The SMILES string of the molecule is CC(CCC(C)(c1ccc(Oc2ccc(N)cc2)cc1)c1ccc(Oc2ccc(N)cc2)cc1)(c1ccc(Oc2ccc(N)cc2)cc1)c1ccc(Oc2ccc(N)cc2)cc1. The second-order valence-corrected chi connectivity index (χ2v) is 15.9. The molecule has 0 aliphatic rings. The van der Waals surface area contributed by atoms with Crippen LogP contribution in [0, 0.1) is 0 Å². The highest BCUT2D eigenvalue weighted by atomic mass is 16.5. The van der Waals surface area contributed by atoms with E-state index >= 15 is 0 Å². The molecule has 0 atom stereocenters. The maximum atomic E-state index is 6.21. The Morgan fingerprint density at radius 2 is 0.403 bits per heavy atom. The van der Waals surface area contributed by atoms with Gasteiger partial charge in [0.05, 0.1) is 0 Å². The van der Waals surface area contributed by atoms with Crippen LogP contribution in [0.5, 0.6) is 46.0 Å². The number of rotatable bonds is 15. The fourth-order valence-electron chi connectivity index (χ4n) is 7.66. The van der Waals surface area contributed by atoms with E-state index in [2.05, 4.69) is 62.4 Å². The van der Waals surface area contributed by atoms with Gasteiger partial charge in [0, 0.05) is 33.6 Å². The number of anilines is 4. The largest absolute Gasteiger partial charge is 0.457 e. The van der Waals surface area contributed by atoms with E-state index in [4.69, 9.17) is 41.9 Å². The van der Waals surface area contributed by atoms with Crippen LogP contribution in [0.2, 0.25) is 0 Å². The first-order valence-electron chi connectivity index (χ1n) is 20.6. The Morgan fingerprint density at radius 3 is 0.565 bits per heavy atom. The molecular weight excluding hydrogens is 769 g/mol. The van der Waals surface area contributed by atoms with Crippen molar-refractivity contribution in [1.29, 1.82) is 0 Å². The minimum atomic E-state index is -0.433. The van der Waals surface area contributed by atoms with E-state index in [9.17, 15) is 0 Å². The fraction of sp³-hybridized carbons (Fsp3) is 0.111. The maximum Gasteiger partial charge on any atom is 0.127 e. The summed E-state index contributed by atoms with van der Waals surface area (Å²) in [7, 11) is 0. The van der Waals surface area contributed by atoms with Gasteiger partial charge in [-0.2, -0.15) is 0 Å². The number of hydrogen-bond acceptors (Lipinski definition) is 8. The predicted molar refractivity (Wildman–Crippen MR) is 252 cm³/mol. The monoisotopic (exact) mass is 818 g/mol. The molecule has 0 unspecified atom stereocenters. The first-order chi connectivity index (χ1) is 30.0. The molecule has 0 fully saturated rings. The predicted octanol–water partition coefficient (Wildman–Crippen LogP) is 13.3. The topological polar surface area (TPSA) is 141 Å². The van der Waals surface area contributed by atoms with Crippen LogP contribution in [0.15, 0.2) is 194 Å². The maximum absolute atomic E-state index is 6.21. The van der Waals surface area contributed by atoms with Crippen LogP contribution < -0.4 is 41.9 Å². The Bertz CT molecular complexity index is 2310. The average molecular weight is 819 g/mol. The molecule has 8 rings (SSSR count). The first kappa shape index (κ1) is 40.9. The van der Waals surface area contributed by atoms with Crippen LogP contribution >= 0.6 is 0 Å². The van der Waals surface area contributed by atoms with Gasteiger partial charge in [-0.3, -0.25) is 0 Å². The summed E-state index contributed by atoms with van der Waals surface area (Å²) >= 11 is 0. The Hall–Kier alpha value is -7.84. The Kier molecular flexibility index (Phi) is 11.7. The van der Waals surface area contributed by atoms with Crippen LogP contribution in [0.25, 0.3) is 0 Å². The second-order valence-electron chi connectivity index (χ2n) is 15.9. The highest BCUT2D eigenvalue weighted by Gasteiger charge is 2.36. The third-order valence-electron chi connectivity index (χ3n) is 11.6. The molecule has 62 heavy (non-hydrogen) atoms. The molecule has 0 aliphatic heterocycles. The molecule has 8 aromatic carbocycles. The number of nitrogen functional groups attached to an aromatic ring is 4. The van der Waals surface area contributed by atoms with Gasteiger partial charge in [0.15, 0.2) is 0 Å². The first-order valence-corrected chi connectivity index (χ1v) is 20.6. The summed E-state index contributed by atoms with van der Waals surface area (Å²) in [6, 6.07) is 63.2. The molecule has 8 nitrogen and oxygen atoms in total. The van der Waals surface area contributed by atoms with Crippen LogP contribution in [-0.4, -0.2) is 0 Å². The normalized spacial score (nSPS) is 11.5. The molecule has 310 valence electrons. The van der Waals surface area contributed by atoms with E-state index in [0.717, 1.165) is 81.1 Å². The van der Waals surface area contributed by atoms with Gasteiger partial charge in [0.2, 0.25) is 0 Å². The second kappa shape index (κ2) is 17.8. The molecule has 0 saturated heterocycles. The summed E-state index contributed by atoms with van der Waals surface area (Å²) in [5.74, 6) is 5.82. The van der Waals surface area contributed by atoms with Gasteiger partial charge in [-0.1, -0.05) is 62.4 Å². The zero-order valence-electron chi connectivity index (χ0n) is 34.8.